The minimum atomic E-state index is -0.690. The molecule has 304 valence electrons. The molecule has 62 heavy (non-hydrogen) atoms. The van der Waals surface area contributed by atoms with Gasteiger partial charge in [0.05, 0.1) is 13.2 Å². The second-order valence-electron chi connectivity index (χ2n) is 18.8. The Bertz CT molecular complexity index is 3000. The molecular weight excluding hydrogens is 760 g/mol. The first-order valence-corrected chi connectivity index (χ1v) is 22.6. The van der Waals surface area contributed by atoms with E-state index in [4.69, 9.17) is 9.78 Å². The molecule has 0 saturated heterocycles. The maximum atomic E-state index is 13.1. The van der Waals surface area contributed by atoms with Crippen LogP contribution in [-0.2, 0) is 35.5 Å². The Morgan fingerprint density at radius 2 is 1.11 bits per heavy atom. The van der Waals surface area contributed by atoms with Gasteiger partial charge in [0.25, 0.3) is 6.85 Å². The summed E-state index contributed by atoms with van der Waals surface area (Å²) < 4.78 is 0. The Morgan fingerprint density at radius 3 is 1.79 bits per heavy atom. The molecule has 1 saturated carbocycles. The van der Waals surface area contributed by atoms with Crippen LogP contribution in [0, 0.1) is 0 Å². The minimum absolute atomic E-state index is 0.0617. The van der Waals surface area contributed by atoms with Crippen molar-refractivity contribution in [1.29, 1.82) is 0 Å². The number of fused-ring (bicyclic) bond motifs is 2. The van der Waals surface area contributed by atoms with Crippen LogP contribution in [0.15, 0.2) is 121 Å². The second-order valence-corrected chi connectivity index (χ2v) is 18.8. The van der Waals surface area contributed by atoms with Crippen LogP contribution in [0.1, 0.15) is 63.5 Å². The fourth-order valence-electron chi connectivity index (χ4n) is 13.5. The second kappa shape index (κ2) is 13.4. The smallest absolute Gasteiger partial charge is 0.411 e. The van der Waals surface area contributed by atoms with Crippen molar-refractivity contribution < 1.29 is 14.9 Å². The molecule has 6 nitrogen and oxygen atoms in total. The lowest BCUT2D eigenvalue weighted by atomic mass is 9.41. The van der Waals surface area contributed by atoms with Gasteiger partial charge in [-0.3, -0.25) is 0 Å². The van der Waals surface area contributed by atoms with Crippen molar-refractivity contribution in [2.45, 2.75) is 62.5 Å². The van der Waals surface area contributed by atoms with Crippen LogP contribution < -0.4 is 25.4 Å². The summed E-state index contributed by atoms with van der Waals surface area (Å²) in [5, 5.41) is 23.6. The summed E-state index contributed by atoms with van der Waals surface area (Å²) in [4.78, 5) is 19.8. The molecule has 0 aromatic heterocycles. The highest BCUT2D eigenvalue weighted by Crippen LogP contribution is 2.59. The number of aliphatic hydroxyl groups is 1. The van der Waals surface area contributed by atoms with Gasteiger partial charge in [0.1, 0.15) is 6.10 Å². The van der Waals surface area contributed by atoms with Crippen molar-refractivity contribution in [3.63, 3.8) is 0 Å². The van der Waals surface area contributed by atoms with Crippen molar-refractivity contribution in [3.05, 3.63) is 160 Å². The van der Waals surface area contributed by atoms with E-state index in [1.165, 1.54) is 104 Å². The number of nitrogens with zero attached hydrogens (tertiary/aromatic N) is 3. The molecule has 2 heterocycles. The number of rotatable bonds is 6. The van der Waals surface area contributed by atoms with E-state index in [2.05, 4.69) is 164 Å². The average molecular weight is 810 g/mol. The van der Waals surface area contributed by atoms with E-state index in [-0.39, 0.29) is 31.5 Å². The van der Waals surface area contributed by atoms with Gasteiger partial charge in [-0.05, 0) is 147 Å². The highest BCUT2D eigenvalue weighted by molar-refractivity contribution is 6.83. The van der Waals surface area contributed by atoms with E-state index < -0.39 is 12.2 Å². The largest absolute Gasteiger partial charge is 0.413 e. The highest BCUT2D eigenvalue weighted by Gasteiger charge is 2.57. The molecule has 8 aromatic carbocycles. The normalized spacial score (nSPS) is 22.2. The van der Waals surface area contributed by atoms with Crippen molar-refractivity contribution in [3.8, 4) is 0 Å². The fraction of sp³-hybridized carbons (Fsp3) is 0.259. The van der Waals surface area contributed by atoms with Gasteiger partial charge < -0.3 is 19.5 Å². The number of hydrogen-bond acceptors (Lipinski definition) is 6. The first-order valence-electron chi connectivity index (χ1n) is 22.6. The number of aliphatic hydroxyl groups excluding tert-OH is 1. The third-order valence-electron chi connectivity index (χ3n) is 16.1. The molecule has 0 bridgehead atoms. The number of benzene rings is 8. The molecule has 8 aromatic rings. The summed E-state index contributed by atoms with van der Waals surface area (Å²) in [6, 6.07) is 45.3. The van der Waals surface area contributed by atoms with Crippen LogP contribution in [0.2, 0.25) is 0 Å². The molecule has 0 radical (unpaired) electrons. The molecule has 2 aliphatic heterocycles. The number of aryl methyl sites for hydroxylation is 4. The van der Waals surface area contributed by atoms with E-state index in [0.717, 1.165) is 31.2 Å². The molecular formula is C54H49B2N3O3. The maximum absolute atomic E-state index is 13.1. The first kappa shape index (κ1) is 36.8. The van der Waals surface area contributed by atoms with Gasteiger partial charge in [0.2, 0.25) is 0 Å². The van der Waals surface area contributed by atoms with Crippen LogP contribution in [0.25, 0.3) is 43.1 Å². The topological polar surface area (TPSA) is 48.4 Å². The molecule has 8 heteroatoms. The molecule has 3 aliphatic carbocycles. The summed E-state index contributed by atoms with van der Waals surface area (Å²) in [5.74, 6) is -0.442. The summed E-state index contributed by atoms with van der Waals surface area (Å²) in [6.07, 6.45) is 2.98. The van der Waals surface area contributed by atoms with E-state index in [9.17, 15) is 5.11 Å². The summed E-state index contributed by atoms with van der Waals surface area (Å²) in [6.45, 7) is 2.45. The van der Waals surface area contributed by atoms with Crippen molar-refractivity contribution >= 4 is 84.9 Å². The van der Waals surface area contributed by atoms with Gasteiger partial charge in [-0.25, -0.2) is 9.78 Å². The summed E-state index contributed by atoms with van der Waals surface area (Å²) >= 11 is 0. The monoisotopic (exact) mass is 809 g/mol. The lowest BCUT2D eigenvalue weighted by molar-refractivity contribution is -0.341. The van der Waals surface area contributed by atoms with Gasteiger partial charge in [-0.2, -0.15) is 0 Å². The summed E-state index contributed by atoms with van der Waals surface area (Å²) in [7, 11) is 8.41. The standard InChI is InChI=1S/C54H49B2N3O3/c1-30-45-39(28-35-22-20-33-24-26-43(50(45)46(33)35)57(2)55(30)41-18-10-14-31-12-6-8-16-37(31)41)48-53(60)49(54(48)62-61-5)40-29-36-23-21-34-25-27-44-51(47(34)36)52(40)59(4)56(58(44)3)42-19-11-15-32-13-7-9-17-38(32)42/h6-19,24-30,48-49,53-54,60H,20-23H2,1-5H3. The van der Waals surface area contributed by atoms with Gasteiger partial charge >= 0.3 is 6.98 Å². The molecule has 13 rings (SSSR count). The average Bonchev–Trinajstić information content (AvgIpc) is 3.91. The van der Waals surface area contributed by atoms with Crippen LogP contribution >= 0.6 is 0 Å². The zero-order chi connectivity index (χ0) is 41.7. The van der Waals surface area contributed by atoms with Crippen molar-refractivity contribution in [2.75, 3.05) is 42.7 Å². The first-order chi connectivity index (χ1) is 30.3. The Labute approximate surface area is 363 Å². The molecule has 1 N–H and O–H groups in total. The lowest BCUT2D eigenvalue weighted by Crippen LogP contribution is -2.61. The predicted octanol–water partition coefficient (Wildman–Crippen LogP) is 8.96. The fourth-order valence-corrected chi connectivity index (χ4v) is 13.5. The van der Waals surface area contributed by atoms with Crippen LogP contribution in [-0.4, -0.2) is 59.4 Å². The molecule has 0 amide bonds. The minimum Gasteiger partial charge on any atom is -0.413 e. The number of anilines is 3. The number of hydrogen-bond donors (Lipinski definition) is 1. The predicted molar refractivity (Wildman–Crippen MR) is 258 cm³/mol. The van der Waals surface area contributed by atoms with Gasteiger partial charge in [-0.15, -0.1) is 0 Å². The third kappa shape index (κ3) is 4.78. The van der Waals surface area contributed by atoms with Gasteiger partial charge in [0, 0.05) is 39.7 Å². The van der Waals surface area contributed by atoms with Crippen LogP contribution in [0.5, 0.6) is 0 Å². The van der Waals surface area contributed by atoms with E-state index >= 15 is 0 Å². The molecule has 5 unspecified atom stereocenters. The van der Waals surface area contributed by atoms with Crippen molar-refractivity contribution in [1.82, 2.24) is 0 Å². The molecule has 0 spiro atoms. The lowest BCUT2D eigenvalue weighted by Gasteiger charge is -2.52. The Hall–Kier alpha value is -5.79. The molecule has 1 fully saturated rings. The van der Waals surface area contributed by atoms with Crippen LogP contribution in [0.4, 0.5) is 17.1 Å². The van der Waals surface area contributed by atoms with E-state index in [1.807, 2.05) is 0 Å². The quantitative estimate of drug-likeness (QED) is 0.103. The summed E-state index contributed by atoms with van der Waals surface area (Å²) in [5.41, 5.74) is 15.6. The van der Waals surface area contributed by atoms with Crippen molar-refractivity contribution in [2.24, 2.45) is 0 Å². The third-order valence-corrected chi connectivity index (χ3v) is 16.1. The Kier molecular flexibility index (Phi) is 7.93. The van der Waals surface area contributed by atoms with Crippen LogP contribution in [0.3, 0.4) is 0 Å². The maximum Gasteiger partial charge on any atom is 0.411 e. The molecule has 5 atom stereocenters. The van der Waals surface area contributed by atoms with E-state index in [0.29, 0.717) is 0 Å². The Morgan fingerprint density at radius 1 is 0.565 bits per heavy atom. The van der Waals surface area contributed by atoms with Gasteiger partial charge in [-0.1, -0.05) is 116 Å². The molecule has 5 aliphatic rings. The van der Waals surface area contributed by atoms with E-state index in [1.54, 1.807) is 7.11 Å². The zero-order valence-electron chi connectivity index (χ0n) is 36.0. The Balaban J connectivity index is 0.995. The zero-order valence-corrected chi connectivity index (χ0v) is 36.0. The SMILES string of the molecule is COOC1C(c2cc3c4c(ccc5c4c2C(C)B(c2cccc4ccccc24)N5C)CC3)C(O)C1c1cc2c3c(ccc4c3c1N(C)B(c1cccc3ccccc13)N4C)CC2. The van der Waals surface area contributed by atoms with Gasteiger partial charge in [0.15, 0.2) is 0 Å². The highest BCUT2D eigenvalue weighted by atomic mass is 17.2.